The Bertz CT molecular complexity index is 157. The van der Waals surface area contributed by atoms with Gasteiger partial charge < -0.3 is 9.31 Å². The van der Waals surface area contributed by atoms with Gasteiger partial charge in [0.25, 0.3) is 0 Å². The lowest BCUT2D eigenvalue weighted by atomic mass is 9.64. The molecular weight excluding hydrogens is 163 g/mol. The molecule has 1 saturated carbocycles. The van der Waals surface area contributed by atoms with E-state index in [0.717, 1.165) is 13.0 Å². The van der Waals surface area contributed by atoms with Gasteiger partial charge in [0.15, 0.2) is 0 Å². The molecule has 0 spiro atoms. The van der Waals surface area contributed by atoms with Crippen molar-refractivity contribution in [3.05, 3.63) is 0 Å². The van der Waals surface area contributed by atoms with Crippen LogP contribution in [0.5, 0.6) is 0 Å². The van der Waals surface area contributed by atoms with Gasteiger partial charge in [0, 0.05) is 12.7 Å². The van der Waals surface area contributed by atoms with Crippen LogP contribution >= 0.6 is 0 Å². The average Bonchev–Trinajstić information content (AvgIpc) is 2.19. The van der Waals surface area contributed by atoms with Crippen molar-refractivity contribution in [1.29, 1.82) is 0 Å². The molecule has 0 radical (unpaired) electrons. The normalized spacial score (nSPS) is 32.1. The van der Waals surface area contributed by atoms with E-state index in [1.165, 1.54) is 32.1 Å². The van der Waals surface area contributed by atoms with Crippen LogP contribution in [0.1, 0.15) is 45.4 Å². The smallest absolute Gasteiger partial charge is 0.411 e. The summed E-state index contributed by atoms with van der Waals surface area (Å²) in [5, 5.41) is 0. The summed E-state index contributed by atoms with van der Waals surface area (Å²) < 4.78 is 11.5. The monoisotopic (exact) mass is 182 g/mol. The molecule has 0 aromatic carbocycles. The highest BCUT2D eigenvalue weighted by molar-refractivity contribution is 6.46. The van der Waals surface area contributed by atoms with Gasteiger partial charge in [-0.3, -0.25) is 0 Å². The minimum absolute atomic E-state index is 0.115. The molecule has 2 aliphatic rings. The van der Waals surface area contributed by atoms with Gasteiger partial charge in [0.2, 0.25) is 0 Å². The average molecular weight is 182 g/mol. The highest BCUT2D eigenvalue weighted by atomic mass is 16.6. The van der Waals surface area contributed by atoms with Crippen LogP contribution in [0.25, 0.3) is 0 Å². The Balaban J connectivity index is 1.83. The summed E-state index contributed by atoms with van der Waals surface area (Å²) in [6, 6.07) is 0. The van der Waals surface area contributed by atoms with Crippen LogP contribution in [0.15, 0.2) is 0 Å². The molecule has 1 aliphatic carbocycles. The zero-order chi connectivity index (χ0) is 9.10. The Kier molecular flexibility index (Phi) is 3.28. The molecule has 1 atom stereocenters. The van der Waals surface area contributed by atoms with Gasteiger partial charge in [-0.2, -0.15) is 0 Å². The molecule has 0 aromatic rings. The first-order chi connectivity index (χ1) is 6.36. The van der Waals surface area contributed by atoms with Crippen LogP contribution < -0.4 is 0 Å². The molecule has 2 rings (SSSR count). The van der Waals surface area contributed by atoms with E-state index in [4.69, 9.17) is 9.31 Å². The Labute approximate surface area is 81.1 Å². The van der Waals surface area contributed by atoms with Crippen molar-refractivity contribution in [3.8, 4) is 0 Å². The zero-order valence-electron chi connectivity index (χ0n) is 8.50. The predicted molar refractivity (Wildman–Crippen MR) is 53.7 cm³/mol. The van der Waals surface area contributed by atoms with E-state index in [9.17, 15) is 0 Å². The molecule has 2 nitrogen and oxygen atoms in total. The van der Waals surface area contributed by atoms with Gasteiger partial charge in [-0.25, -0.2) is 0 Å². The molecular formula is C10H19BO2. The predicted octanol–water partition coefficient (Wildman–Crippen LogP) is 2.63. The van der Waals surface area contributed by atoms with E-state index in [2.05, 4.69) is 6.92 Å². The van der Waals surface area contributed by atoms with E-state index >= 15 is 0 Å². The maximum absolute atomic E-state index is 5.80. The fourth-order valence-electron chi connectivity index (χ4n) is 2.34. The lowest BCUT2D eigenvalue weighted by Gasteiger charge is -2.32. The largest absolute Gasteiger partial charge is 0.460 e. The van der Waals surface area contributed by atoms with E-state index in [1.54, 1.807) is 0 Å². The molecule has 3 heteroatoms. The van der Waals surface area contributed by atoms with Crippen molar-refractivity contribution in [3.63, 3.8) is 0 Å². The lowest BCUT2D eigenvalue weighted by molar-refractivity contribution is 0.0695. The summed E-state index contributed by atoms with van der Waals surface area (Å²) in [4.78, 5) is 0. The molecule has 1 unspecified atom stereocenters. The molecule has 13 heavy (non-hydrogen) atoms. The Morgan fingerprint density at radius 2 is 1.85 bits per heavy atom. The zero-order valence-corrected chi connectivity index (χ0v) is 8.50. The summed E-state index contributed by atoms with van der Waals surface area (Å²) in [7, 11) is 0.115. The van der Waals surface area contributed by atoms with Crippen LogP contribution in [0.2, 0.25) is 5.82 Å². The minimum Gasteiger partial charge on any atom is -0.411 e. The highest BCUT2D eigenvalue weighted by Gasteiger charge is 2.34. The first kappa shape index (κ1) is 9.54. The standard InChI is InChI=1S/C10H19BO2/c1-9-7-8-12-11(13-9)10-5-3-2-4-6-10/h9-10H,2-8H2,1H3. The minimum atomic E-state index is 0.115. The summed E-state index contributed by atoms with van der Waals surface area (Å²) in [5.74, 6) is 0.677. The second-order valence-electron chi connectivity index (χ2n) is 4.37. The molecule has 2 fully saturated rings. The molecule has 1 saturated heterocycles. The molecule has 1 heterocycles. The second kappa shape index (κ2) is 4.47. The van der Waals surface area contributed by atoms with Crippen LogP contribution in [0.3, 0.4) is 0 Å². The molecule has 1 aliphatic heterocycles. The first-order valence-corrected chi connectivity index (χ1v) is 5.63. The lowest BCUT2D eigenvalue weighted by Crippen LogP contribution is -2.38. The number of hydrogen-bond acceptors (Lipinski definition) is 2. The third-order valence-corrected chi connectivity index (χ3v) is 3.21. The quantitative estimate of drug-likeness (QED) is 0.580. The van der Waals surface area contributed by atoms with E-state index < -0.39 is 0 Å². The van der Waals surface area contributed by atoms with Gasteiger partial charge >= 0.3 is 7.12 Å². The van der Waals surface area contributed by atoms with E-state index in [-0.39, 0.29) is 7.12 Å². The molecule has 0 N–H and O–H groups in total. The summed E-state index contributed by atoms with van der Waals surface area (Å²) in [6.45, 7) is 3.04. The van der Waals surface area contributed by atoms with Gasteiger partial charge in [-0.05, 0) is 19.2 Å². The fourth-order valence-corrected chi connectivity index (χ4v) is 2.34. The topological polar surface area (TPSA) is 18.5 Å². The Morgan fingerprint density at radius 3 is 2.54 bits per heavy atom. The van der Waals surface area contributed by atoms with Gasteiger partial charge in [0.1, 0.15) is 0 Å². The number of rotatable bonds is 1. The van der Waals surface area contributed by atoms with Crippen molar-refractivity contribution >= 4 is 7.12 Å². The first-order valence-electron chi connectivity index (χ1n) is 5.63. The van der Waals surface area contributed by atoms with Crippen LogP contribution in [0, 0.1) is 0 Å². The van der Waals surface area contributed by atoms with Crippen molar-refractivity contribution in [2.45, 2.75) is 57.4 Å². The number of hydrogen-bond donors (Lipinski definition) is 0. The van der Waals surface area contributed by atoms with Gasteiger partial charge in [-0.15, -0.1) is 0 Å². The highest BCUT2D eigenvalue weighted by Crippen LogP contribution is 2.33. The van der Waals surface area contributed by atoms with Gasteiger partial charge in [-0.1, -0.05) is 32.1 Å². The Hall–Kier alpha value is -0.0151. The van der Waals surface area contributed by atoms with Crippen LogP contribution in [0.4, 0.5) is 0 Å². The maximum Gasteiger partial charge on any atom is 0.460 e. The maximum atomic E-state index is 5.80. The van der Waals surface area contributed by atoms with Crippen molar-refractivity contribution < 1.29 is 9.31 Å². The summed E-state index contributed by atoms with van der Waals surface area (Å²) in [6.07, 6.45) is 8.20. The third-order valence-electron chi connectivity index (χ3n) is 3.21. The van der Waals surface area contributed by atoms with E-state index in [1.807, 2.05) is 0 Å². The van der Waals surface area contributed by atoms with Crippen LogP contribution in [-0.2, 0) is 9.31 Å². The van der Waals surface area contributed by atoms with Crippen LogP contribution in [-0.4, -0.2) is 19.8 Å². The molecule has 74 valence electrons. The fraction of sp³-hybridized carbons (Fsp3) is 1.00. The van der Waals surface area contributed by atoms with Crippen molar-refractivity contribution in [2.24, 2.45) is 0 Å². The van der Waals surface area contributed by atoms with Gasteiger partial charge in [0.05, 0.1) is 0 Å². The van der Waals surface area contributed by atoms with Crippen molar-refractivity contribution in [1.82, 2.24) is 0 Å². The second-order valence-corrected chi connectivity index (χ2v) is 4.37. The van der Waals surface area contributed by atoms with Crippen molar-refractivity contribution in [2.75, 3.05) is 6.61 Å². The Morgan fingerprint density at radius 1 is 1.08 bits per heavy atom. The van der Waals surface area contributed by atoms with E-state index in [0.29, 0.717) is 11.9 Å². The SMILES string of the molecule is CC1CCOB(C2CCCCC2)O1. The molecule has 0 amide bonds. The summed E-state index contributed by atoms with van der Waals surface area (Å²) in [5.41, 5.74) is 0. The molecule has 0 bridgehead atoms. The molecule has 0 aromatic heterocycles. The summed E-state index contributed by atoms with van der Waals surface area (Å²) >= 11 is 0. The third kappa shape index (κ3) is 2.47.